The van der Waals surface area contributed by atoms with Gasteiger partial charge >= 0.3 is 17.9 Å². The van der Waals surface area contributed by atoms with E-state index in [1.807, 2.05) is 0 Å². The van der Waals surface area contributed by atoms with Crippen molar-refractivity contribution in [2.45, 2.75) is 186 Å². The number of carboxylic acids is 1. The summed E-state index contributed by atoms with van der Waals surface area (Å²) in [6, 6.07) is 0. The maximum Gasteiger partial charge on any atom is 0.312 e. The largest absolute Gasteiger partial charge is 0.481 e. The standard InChI is InChI=1S/C46H76O10/c1-46(45(50)52-2,37-16-20-39(21-17-37)55-44(49)42-28-34(14-24-41(42)43(47)48)26-32-11-7-4-8-12-32)38-18-22-40(23-19-38)56-54-30-36-27-33(13-15-35(36)29-53-51)25-31-9-5-3-6-10-31/h31-42,51H,3-30H2,1-2H3,(H,47,48). The van der Waals surface area contributed by atoms with Crippen molar-refractivity contribution in [2.24, 2.45) is 64.6 Å². The van der Waals surface area contributed by atoms with Gasteiger partial charge in [0.05, 0.1) is 43.7 Å². The fraction of sp³-hybridized carbons (Fsp3) is 0.935. The van der Waals surface area contributed by atoms with Crippen LogP contribution in [0.15, 0.2) is 0 Å². The smallest absolute Gasteiger partial charge is 0.312 e. The fourth-order valence-electron chi connectivity index (χ4n) is 12.9. The zero-order valence-electron chi connectivity index (χ0n) is 34.9. The molecule has 10 heteroatoms. The maximum atomic E-state index is 13.6. The molecule has 7 atom stereocenters. The Bertz CT molecular complexity index is 1210. The molecule has 10 nitrogen and oxygen atoms in total. The fourth-order valence-corrected chi connectivity index (χ4v) is 12.9. The van der Waals surface area contributed by atoms with Gasteiger partial charge in [-0.25, -0.2) is 14.7 Å². The Morgan fingerprint density at radius 1 is 0.589 bits per heavy atom. The lowest BCUT2D eigenvalue weighted by Gasteiger charge is -2.46. The van der Waals surface area contributed by atoms with Gasteiger partial charge in [0.15, 0.2) is 0 Å². The van der Waals surface area contributed by atoms with Crippen LogP contribution in [0.1, 0.15) is 174 Å². The summed E-state index contributed by atoms with van der Waals surface area (Å²) < 4.78 is 11.6. The Labute approximate surface area is 337 Å². The molecule has 0 saturated heterocycles. The van der Waals surface area contributed by atoms with E-state index in [-0.39, 0.29) is 41.9 Å². The molecule has 6 rings (SSSR count). The minimum Gasteiger partial charge on any atom is -0.481 e. The first-order chi connectivity index (χ1) is 27.2. The van der Waals surface area contributed by atoms with Gasteiger partial charge in [0.25, 0.3) is 0 Å². The van der Waals surface area contributed by atoms with Crippen LogP contribution in [0.4, 0.5) is 0 Å². The van der Waals surface area contributed by atoms with E-state index < -0.39 is 23.2 Å². The number of methoxy groups -OCH3 is 1. The van der Waals surface area contributed by atoms with Gasteiger partial charge in [0.2, 0.25) is 0 Å². The minimum atomic E-state index is -0.878. The summed E-state index contributed by atoms with van der Waals surface area (Å²) in [5, 5.41) is 19.3. The van der Waals surface area contributed by atoms with Crippen LogP contribution in [-0.2, 0) is 38.5 Å². The molecule has 7 unspecified atom stereocenters. The Morgan fingerprint density at radius 2 is 1.14 bits per heavy atom. The first kappa shape index (κ1) is 43.8. The predicted octanol–water partition coefficient (Wildman–Crippen LogP) is 10.4. The molecule has 0 aromatic carbocycles. The zero-order valence-corrected chi connectivity index (χ0v) is 34.9. The number of carbonyl (C=O) groups is 3. The van der Waals surface area contributed by atoms with E-state index in [4.69, 9.17) is 19.2 Å². The molecule has 0 amide bonds. The second-order valence-corrected chi connectivity index (χ2v) is 19.7. The molecular weight excluding hydrogens is 712 g/mol. The highest BCUT2D eigenvalue weighted by Gasteiger charge is 2.51. The van der Waals surface area contributed by atoms with Gasteiger partial charge in [0.1, 0.15) is 6.10 Å². The van der Waals surface area contributed by atoms with E-state index in [0.717, 1.165) is 70.1 Å². The van der Waals surface area contributed by atoms with Crippen LogP contribution in [0.5, 0.6) is 0 Å². The van der Waals surface area contributed by atoms with Crippen LogP contribution in [0, 0.1) is 64.6 Å². The van der Waals surface area contributed by atoms with Gasteiger partial charge in [0, 0.05) is 0 Å². The van der Waals surface area contributed by atoms with E-state index in [1.54, 1.807) is 0 Å². The van der Waals surface area contributed by atoms with E-state index in [2.05, 4.69) is 11.8 Å². The zero-order chi connectivity index (χ0) is 39.5. The highest BCUT2D eigenvalue weighted by Crippen LogP contribution is 2.51. The number of carboxylic acid groups (broad SMARTS) is 1. The number of aliphatic carboxylic acids is 1. The molecule has 0 aromatic rings. The third-order valence-corrected chi connectivity index (χ3v) is 16.3. The molecule has 0 spiro atoms. The maximum absolute atomic E-state index is 13.6. The van der Waals surface area contributed by atoms with Crippen molar-refractivity contribution < 1.29 is 48.9 Å². The van der Waals surface area contributed by atoms with E-state index in [9.17, 15) is 24.7 Å². The summed E-state index contributed by atoms with van der Waals surface area (Å²) in [5.41, 5.74) is -0.646. The summed E-state index contributed by atoms with van der Waals surface area (Å²) >= 11 is 0. The molecule has 6 aliphatic carbocycles. The number of ether oxygens (including phenoxy) is 2. The summed E-state index contributed by atoms with van der Waals surface area (Å²) in [7, 11) is 1.49. The van der Waals surface area contributed by atoms with Gasteiger partial charge in [-0.1, -0.05) is 70.6 Å². The van der Waals surface area contributed by atoms with Crippen LogP contribution < -0.4 is 0 Å². The van der Waals surface area contributed by atoms with Gasteiger partial charge < -0.3 is 14.6 Å². The highest BCUT2D eigenvalue weighted by molar-refractivity contribution is 5.81. The molecule has 6 saturated carbocycles. The van der Waals surface area contributed by atoms with Crippen molar-refractivity contribution in [3.8, 4) is 0 Å². The number of rotatable bonds is 16. The molecule has 6 fully saturated rings. The summed E-state index contributed by atoms with van der Waals surface area (Å²) in [6.07, 6.45) is 27.1. The lowest BCUT2D eigenvalue weighted by molar-refractivity contribution is -0.341. The summed E-state index contributed by atoms with van der Waals surface area (Å²) in [5.74, 6) is 0.923. The van der Waals surface area contributed by atoms with E-state index in [0.29, 0.717) is 62.6 Å². The van der Waals surface area contributed by atoms with Crippen molar-refractivity contribution >= 4 is 17.9 Å². The molecule has 0 radical (unpaired) electrons. The molecular formula is C46H76O10. The van der Waals surface area contributed by atoms with Crippen molar-refractivity contribution in [1.82, 2.24) is 0 Å². The Morgan fingerprint density at radius 3 is 1.70 bits per heavy atom. The Kier molecular flexibility index (Phi) is 16.8. The Balaban J connectivity index is 0.956. The van der Waals surface area contributed by atoms with Crippen molar-refractivity contribution in [1.29, 1.82) is 0 Å². The summed E-state index contributed by atoms with van der Waals surface area (Å²) in [6.45, 7) is 2.94. The molecule has 0 aromatic heterocycles. The normalized spacial score (nSPS) is 36.3. The lowest BCUT2D eigenvalue weighted by atomic mass is 9.59. The topological polar surface area (TPSA) is 138 Å². The molecule has 6 aliphatic rings. The molecule has 0 heterocycles. The number of esters is 2. The van der Waals surface area contributed by atoms with Crippen LogP contribution in [0.25, 0.3) is 0 Å². The highest BCUT2D eigenvalue weighted by atomic mass is 17.2. The first-order valence-electron chi connectivity index (χ1n) is 23.2. The lowest BCUT2D eigenvalue weighted by Crippen LogP contribution is -2.47. The van der Waals surface area contributed by atoms with Crippen LogP contribution >= 0.6 is 0 Å². The minimum absolute atomic E-state index is 0.0193. The SMILES string of the molecule is COC(=O)C(C)(C1CCC(OOCC2CC(CC3CCCCC3)CCC2COO)CC1)C1CCC(OC(=O)C2CC(CC3CCCCC3)CCC2C(=O)O)CC1. The van der Waals surface area contributed by atoms with E-state index in [1.165, 1.54) is 84.2 Å². The van der Waals surface area contributed by atoms with Crippen molar-refractivity contribution in [3.63, 3.8) is 0 Å². The van der Waals surface area contributed by atoms with E-state index >= 15 is 0 Å². The average Bonchev–Trinajstić information content (AvgIpc) is 3.22. The van der Waals surface area contributed by atoms with Crippen LogP contribution in [-0.4, -0.2) is 60.8 Å². The first-order valence-corrected chi connectivity index (χ1v) is 23.2. The second kappa shape index (κ2) is 21.5. The average molecular weight is 789 g/mol. The Hall–Kier alpha value is -1.75. The molecule has 2 N–H and O–H groups in total. The number of carbonyl (C=O) groups excluding carboxylic acids is 2. The second-order valence-electron chi connectivity index (χ2n) is 19.7. The summed E-state index contributed by atoms with van der Waals surface area (Å²) in [4.78, 5) is 56.1. The molecule has 0 bridgehead atoms. The van der Waals surface area contributed by atoms with Crippen LogP contribution in [0.3, 0.4) is 0 Å². The van der Waals surface area contributed by atoms with Gasteiger partial charge in [-0.05, 0) is 151 Å². The monoisotopic (exact) mass is 789 g/mol. The third kappa shape index (κ3) is 11.5. The third-order valence-electron chi connectivity index (χ3n) is 16.3. The number of hydrogen-bond donors (Lipinski definition) is 2. The number of hydrogen-bond acceptors (Lipinski definition) is 9. The van der Waals surface area contributed by atoms with Gasteiger partial charge in [-0.2, -0.15) is 0 Å². The molecule has 320 valence electrons. The van der Waals surface area contributed by atoms with Crippen molar-refractivity contribution in [3.05, 3.63) is 0 Å². The van der Waals surface area contributed by atoms with Crippen molar-refractivity contribution in [2.75, 3.05) is 20.3 Å². The van der Waals surface area contributed by atoms with Gasteiger partial charge in [-0.15, -0.1) is 0 Å². The molecule has 0 aliphatic heterocycles. The predicted molar refractivity (Wildman–Crippen MR) is 212 cm³/mol. The van der Waals surface area contributed by atoms with Gasteiger partial charge in [-0.3, -0.25) is 19.6 Å². The molecule has 56 heavy (non-hydrogen) atoms. The van der Waals surface area contributed by atoms with Crippen LogP contribution in [0.2, 0.25) is 0 Å². The quantitative estimate of drug-likeness (QED) is 0.0883.